The maximum atomic E-state index is 5.30. The average molecular weight is 200 g/mol. The molecule has 2 N–H and O–H groups in total. The van der Waals surface area contributed by atoms with Gasteiger partial charge in [-0.2, -0.15) is 0 Å². The summed E-state index contributed by atoms with van der Waals surface area (Å²) in [6.45, 7) is 7.25. The van der Waals surface area contributed by atoms with E-state index in [-0.39, 0.29) is 0 Å². The highest BCUT2D eigenvalue weighted by Crippen LogP contribution is 2.04. The molecule has 3 nitrogen and oxygen atoms in total. The van der Waals surface area contributed by atoms with Crippen LogP contribution in [-0.4, -0.2) is 38.9 Å². The lowest BCUT2D eigenvalue weighted by Gasteiger charge is -2.15. The molecule has 14 heavy (non-hydrogen) atoms. The number of hydrogen-bond donors (Lipinski definition) is 2. The molecule has 1 rings (SSSR count). The van der Waals surface area contributed by atoms with E-state index in [1.54, 1.807) is 0 Å². The van der Waals surface area contributed by atoms with Crippen LogP contribution in [0, 0.1) is 0 Å². The summed E-state index contributed by atoms with van der Waals surface area (Å²) >= 11 is 0. The molecule has 0 bridgehead atoms. The van der Waals surface area contributed by atoms with Crippen LogP contribution in [0.2, 0.25) is 0 Å². The number of rotatable bonds is 6. The van der Waals surface area contributed by atoms with E-state index in [0.29, 0.717) is 0 Å². The molecular weight excluding hydrogens is 176 g/mol. The molecule has 1 saturated heterocycles. The van der Waals surface area contributed by atoms with Crippen molar-refractivity contribution in [1.82, 2.24) is 10.6 Å². The molecule has 0 aliphatic carbocycles. The normalized spacial score (nSPS) is 23.4. The molecule has 0 spiro atoms. The molecular formula is C11H24N2O. The lowest BCUT2D eigenvalue weighted by atomic mass is 10.1. The Bertz CT molecular complexity index is 122. The Morgan fingerprint density at radius 2 is 2.29 bits per heavy atom. The summed E-state index contributed by atoms with van der Waals surface area (Å²) in [6.07, 6.45) is 5.04. The number of ether oxygens (including phenoxy) is 1. The Balaban J connectivity index is 1.93. The second kappa shape index (κ2) is 8.21. The van der Waals surface area contributed by atoms with Crippen molar-refractivity contribution in [2.24, 2.45) is 0 Å². The topological polar surface area (TPSA) is 33.3 Å². The van der Waals surface area contributed by atoms with Crippen LogP contribution in [0.5, 0.6) is 0 Å². The summed E-state index contributed by atoms with van der Waals surface area (Å²) in [7, 11) is 0. The molecule has 3 heteroatoms. The first kappa shape index (κ1) is 12.0. The molecule has 0 aromatic carbocycles. The van der Waals surface area contributed by atoms with Gasteiger partial charge in [-0.3, -0.25) is 0 Å². The smallest absolute Gasteiger partial charge is 0.0477 e. The van der Waals surface area contributed by atoms with Crippen LogP contribution in [0.25, 0.3) is 0 Å². The summed E-state index contributed by atoms with van der Waals surface area (Å²) in [5.74, 6) is 0. The third kappa shape index (κ3) is 5.58. The molecule has 1 heterocycles. The molecule has 1 aliphatic heterocycles. The minimum absolute atomic E-state index is 0.728. The van der Waals surface area contributed by atoms with Crippen molar-refractivity contribution in [3.63, 3.8) is 0 Å². The van der Waals surface area contributed by atoms with Crippen LogP contribution in [-0.2, 0) is 4.74 Å². The summed E-state index contributed by atoms with van der Waals surface area (Å²) in [5.41, 5.74) is 0. The predicted molar refractivity (Wildman–Crippen MR) is 59.6 cm³/mol. The van der Waals surface area contributed by atoms with Gasteiger partial charge in [0.15, 0.2) is 0 Å². The molecule has 0 radical (unpaired) electrons. The summed E-state index contributed by atoms with van der Waals surface area (Å²) in [6, 6.07) is 0.728. The zero-order chi connectivity index (χ0) is 10.1. The van der Waals surface area contributed by atoms with Crippen LogP contribution >= 0.6 is 0 Å². The molecule has 84 valence electrons. The van der Waals surface area contributed by atoms with Crippen molar-refractivity contribution in [2.45, 2.75) is 38.6 Å². The summed E-state index contributed by atoms with van der Waals surface area (Å²) in [5, 5.41) is 7.02. The van der Waals surface area contributed by atoms with E-state index in [1.165, 1.54) is 32.4 Å². The van der Waals surface area contributed by atoms with Crippen LogP contribution in [0.4, 0.5) is 0 Å². The first-order valence-electron chi connectivity index (χ1n) is 5.95. The van der Waals surface area contributed by atoms with Crippen molar-refractivity contribution in [3.8, 4) is 0 Å². The molecule has 0 aromatic rings. The maximum absolute atomic E-state index is 5.30. The Kier molecular flexibility index (Phi) is 7.01. The fourth-order valence-corrected chi connectivity index (χ4v) is 1.85. The van der Waals surface area contributed by atoms with Gasteiger partial charge in [-0.15, -0.1) is 0 Å². The Morgan fingerprint density at radius 3 is 3.14 bits per heavy atom. The lowest BCUT2D eigenvalue weighted by molar-refractivity contribution is 0.144. The summed E-state index contributed by atoms with van der Waals surface area (Å²) in [4.78, 5) is 0. The van der Waals surface area contributed by atoms with Gasteiger partial charge in [-0.25, -0.2) is 0 Å². The number of hydrogen-bond acceptors (Lipinski definition) is 3. The summed E-state index contributed by atoms with van der Waals surface area (Å²) < 4.78 is 5.30. The average Bonchev–Trinajstić information content (AvgIpc) is 2.46. The van der Waals surface area contributed by atoms with E-state index < -0.39 is 0 Å². The maximum Gasteiger partial charge on any atom is 0.0477 e. The second-order valence-corrected chi connectivity index (χ2v) is 3.88. The fraction of sp³-hybridized carbons (Fsp3) is 1.00. The molecule has 0 saturated carbocycles. The van der Waals surface area contributed by atoms with E-state index >= 15 is 0 Å². The van der Waals surface area contributed by atoms with Crippen LogP contribution in [0.1, 0.15) is 32.6 Å². The molecule has 1 aliphatic rings. The van der Waals surface area contributed by atoms with Crippen molar-refractivity contribution in [3.05, 3.63) is 0 Å². The molecule has 0 aromatic heterocycles. The third-order valence-corrected chi connectivity index (χ3v) is 2.68. The highest BCUT2D eigenvalue weighted by Gasteiger charge is 2.09. The van der Waals surface area contributed by atoms with Gasteiger partial charge in [0.25, 0.3) is 0 Å². The van der Waals surface area contributed by atoms with Crippen LogP contribution in [0.3, 0.4) is 0 Å². The van der Waals surface area contributed by atoms with Gasteiger partial charge < -0.3 is 15.4 Å². The monoisotopic (exact) mass is 200 g/mol. The molecule has 1 unspecified atom stereocenters. The molecule has 0 amide bonds. The molecule has 1 fully saturated rings. The Morgan fingerprint density at radius 1 is 1.36 bits per heavy atom. The van der Waals surface area contributed by atoms with Gasteiger partial charge in [0, 0.05) is 19.3 Å². The standard InChI is InChI=1S/C11H24N2O/c1-2-14-10-4-8-13-11-5-3-7-12-9-6-11/h11-13H,2-10H2,1H3. The zero-order valence-electron chi connectivity index (χ0n) is 9.35. The van der Waals surface area contributed by atoms with Gasteiger partial charge >= 0.3 is 0 Å². The van der Waals surface area contributed by atoms with E-state index in [9.17, 15) is 0 Å². The van der Waals surface area contributed by atoms with Crippen molar-refractivity contribution >= 4 is 0 Å². The first-order valence-corrected chi connectivity index (χ1v) is 5.95. The lowest BCUT2D eigenvalue weighted by Crippen LogP contribution is -2.31. The predicted octanol–water partition coefficient (Wildman–Crippen LogP) is 1.14. The Hall–Kier alpha value is -0.120. The largest absolute Gasteiger partial charge is 0.382 e. The first-order chi connectivity index (χ1) is 6.93. The minimum atomic E-state index is 0.728. The van der Waals surface area contributed by atoms with Crippen LogP contribution < -0.4 is 10.6 Å². The van der Waals surface area contributed by atoms with Gasteiger partial charge in [-0.1, -0.05) is 0 Å². The van der Waals surface area contributed by atoms with Gasteiger partial charge in [-0.05, 0) is 52.2 Å². The fourth-order valence-electron chi connectivity index (χ4n) is 1.85. The van der Waals surface area contributed by atoms with Gasteiger partial charge in [0.1, 0.15) is 0 Å². The SMILES string of the molecule is CCOCCCNC1CCCNCC1. The van der Waals surface area contributed by atoms with E-state index in [4.69, 9.17) is 4.74 Å². The zero-order valence-corrected chi connectivity index (χ0v) is 9.35. The van der Waals surface area contributed by atoms with Gasteiger partial charge in [0.2, 0.25) is 0 Å². The minimum Gasteiger partial charge on any atom is -0.382 e. The second-order valence-electron chi connectivity index (χ2n) is 3.88. The quantitative estimate of drug-likeness (QED) is 0.631. The van der Waals surface area contributed by atoms with E-state index in [0.717, 1.165) is 32.2 Å². The van der Waals surface area contributed by atoms with Crippen molar-refractivity contribution in [2.75, 3.05) is 32.8 Å². The number of nitrogens with one attached hydrogen (secondary N) is 2. The van der Waals surface area contributed by atoms with E-state index in [2.05, 4.69) is 10.6 Å². The van der Waals surface area contributed by atoms with E-state index in [1.807, 2.05) is 6.92 Å². The Labute approximate surface area is 87.6 Å². The van der Waals surface area contributed by atoms with Crippen molar-refractivity contribution < 1.29 is 4.74 Å². The van der Waals surface area contributed by atoms with Crippen molar-refractivity contribution in [1.29, 1.82) is 0 Å². The molecule has 1 atom stereocenters. The third-order valence-electron chi connectivity index (χ3n) is 2.68. The highest BCUT2D eigenvalue weighted by atomic mass is 16.5. The van der Waals surface area contributed by atoms with Gasteiger partial charge in [0.05, 0.1) is 0 Å². The van der Waals surface area contributed by atoms with Crippen LogP contribution in [0.15, 0.2) is 0 Å². The highest BCUT2D eigenvalue weighted by molar-refractivity contribution is 4.72.